The molecule has 2 nitrogen and oxygen atoms in total. The molecule has 2 rings (SSSR count). The third-order valence-corrected chi connectivity index (χ3v) is 3.89. The number of nitrogens with one attached hydrogen (secondary N) is 1. The molecule has 1 fully saturated rings. The van der Waals surface area contributed by atoms with Crippen LogP contribution in [-0.4, -0.2) is 7.11 Å². The van der Waals surface area contributed by atoms with E-state index < -0.39 is 0 Å². The van der Waals surface area contributed by atoms with Crippen molar-refractivity contribution in [3.63, 3.8) is 0 Å². The monoisotopic (exact) mass is 233 g/mol. The van der Waals surface area contributed by atoms with Gasteiger partial charge in [0.2, 0.25) is 0 Å². The minimum absolute atomic E-state index is 0.776. The molecular formula is C15H23NO. The molecule has 0 amide bonds. The predicted molar refractivity (Wildman–Crippen MR) is 70.7 cm³/mol. The summed E-state index contributed by atoms with van der Waals surface area (Å²) in [7, 11) is 1.65. The second-order valence-corrected chi connectivity index (χ2v) is 5.22. The third kappa shape index (κ3) is 3.55. The molecule has 0 radical (unpaired) electrons. The smallest absolute Gasteiger partial charge is 0.0572 e. The highest BCUT2D eigenvalue weighted by atomic mass is 16.6. The fourth-order valence-corrected chi connectivity index (χ4v) is 2.66. The maximum Gasteiger partial charge on any atom is 0.0572 e. The molecule has 1 saturated carbocycles. The van der Waals surface area contributed by atoms with Crippen LogP contribution in [0.15, 0.2) is 24.3 Å². The summed E-state index contributed by atoms with van der Waals surface area (Å²) in [5.74, 6) is 1.71. The van der Waals surface area contributed by atoms with Crippen LogP contribution in [0, 0.1) is 5.92 Å². The Hall–Kier alpha value is -0.860. The van der Waals surface area contributed by atoms with Crippen molar-refractivity contribution in [1.82, 2.24) is 5.48 Å². The van der Waals surface area contributed by atoms with Crippen molar-refractivity contribution < 1.29 is 4.84 Å². The summed E-state index contributed by atoms with van der Waals surface area (Å²) in [6.07, 6.45) is 5.49. The normalized spacial score (nSPS) is 24.8. The lowest BCUT2D eigenvalue weighted by molar-refractivity contribution is 0.0867. The quantitative estimate of drug-likeness (QED) is 0.802. The van der Waals surface area contributed by atoms with Crippen molar-refractivity contribution >= 4 is 0 Å². The molecule has 1 N–H and O–H groups in total. The Labute approximate surface area is 104 Å². The van der Waals surface area contributed by atoms with Gasteiger partial charge in [0.1, 0.15) is 0 Å². The summed E-state index contributed by atoms with van der Waals surface area (Å²) in [6.45, 7) is 3.15. The van der Waals surface area contributed by atoms with E-state index in [1.165, 1.54) is 36.8 Å². The van der Waals surface area contributed by atoms with Crippen LogP contribution in [0.3, 0.4) is 0 Å². The molecular weight excluding hydrogens is 210 g/mol. The van der Waals surface area contributed by atoms with Gasteiger partial charge < -0.3 is 4.84 Å². The Morgan fingerprint density at radius 3 is 2.35 bits per heavy atom. The molecule has 17 heavy (non-hydrogen) atoms. The van der Waals surface area contributed by atoms with Crippen molar-refractivity contribution in [1.29, 1.82) is 0 Å². The average molecular weight is 233 g/mol. The first-order valence-electron chi connectivity index (χ1n) is 6.64. The van der Waals surface area contributed by atoms with Crippen LogP contribution in [-0.2, 0) is 11.4 Å². The van der Waals surface area contributed by atoms with Crippen molar-refractivity contribution in [2.24, 2.45) is 5.92 Å². The number of hydrogen-bond acceptors (Lipinski definition) is 2. The number of benzene rings is 1. The molecule has 1 aromatic carbocycles. The van der Waals surface area contributed by atoms with Gasteiger partial charge in [0.25, 0.3) is 0 Å². The van der Waals surface area contributed by atoms with Crippen molar-refractivity contribution in [3.8, 4) is 0 Å². The maximum absolute atomic E-state index is 4.85. The molecule has 2 heteroatoms. The molecule has 1 aliphatic rings. The molecule has 0 unspecified atom stereocenters. The van der Waals surface area contributed by atoms with Gasteiger partial charge in [-0.2, -0.15) is 5.48 Å². The van der Waals surface area contributed by atoms with Gasteiger partial charge in [-0.25, -0.2) is 0 Å². The Balaban J connectivity index is 1.93. The maximum atomic E-state index is 4.85. The molecule has 1 aliphatic carbocycles. The molecule has 0 atom stereocenters. The van der Waals surface area contributed by atoms with E-state index in [1.54, 1.807) is 7.11 Å². The highest BCUT2D eigenvalue weighted by molar-refractivity contribution is 5.25. The van der Waals surface area contributed by atoms with Crippen molar-refractivity contribution in [2.75, 3.05) is 7.11 Å². The number of rotatable bonds is 4. The van der Waals surface area contributed by atoms with Crippen LogP contribution in [0.25, 0.3) is 0 Å². The van der Waals surface area contributed by atoms with Crippen LogP contribution < -0.4 is 5.48 Å². The summed E-state index contributed by atoms with van der Waals surface area (Å²) in [5, 5.41) is 0. The van der Waals surface area contributed by atoms with E-state index in [4.69, 9.17) is 4.84 Å². The standard InChI is InChI=1S/C15H23NO/c1-12-3-7-14(8-4-12)15-9-5-13(6-10-15)11-16-17-2/h5-6,9-10,12,14,16H,3-4,7-8,11H2,1-2H3. The first-order valence-corrected chi connectivity index (χ1v) is 6.64. The lowest BCUT2D eigenvalue weighted by Crippen LogP contribution is -2.12. The highest BCUT2D eigenvalue weighted by Gasteiger charge is 2.19. The SMILES string of the molecule is CONCc1ccc(C2CCC(C)CC2)cc1. The van der Waals surface area contributed by atoms with Gasteiger partial charge in [-0.05, 0) is 35.8 Å². The Morgan fingerprint density at radius 1 is 1.12 bits per heavy atom. The van der Waals surface area contributed by atoms with Gasteiger partial charge in [-0.3, -0.25) is 0 Å². The average Bonchev–Trinajstić information content (AvgIpc) is 2.38. The van der Waals surface area contributed by atoms with Gasteiger partial charge in [0.05, 0.1) is 7.11 Å². The molecule has 0 aliphatic heterocycles. The highest BCUT2D eigenvalue weighted by Crippen LogP contribution is 2.35. The molecule has 0 saturated heterocycles. The second-order valence-electron chi connectivity index (χ2n) is 5.22. The fourth-order valence-electron chi connectivity index (χ4n) is 2.66. The van der Waals surface area contributed by atoms with E-state index in [1.807, 2.05) is 0 Å². The molecule has 0 bridgehead atoms. The first-order chi connectivity index (χ1) is 8.29. The van der Waals surface area contributed by atoms with E-state index in [9.17, 15) is 0 Å². The van der Waals surface area contributed by atoms with Gasteiger partial charge >= 0.3 is 0 Å². The Bertz CT molecular complexity index is 325. The summed E-state index contributed by atoms with van der Waals surface area (Å²) in [4.78, 5) is 4.85. The van der Waals surface area contributed by atoms with Gasteiger partial charge in [0.15, 0.2) is 0 Å². The van der Waals surface area contributed by atoms with E-state index >= 15 is 0 Å². The number of hydroxylamine groups is 1. The fraction of sp³-hybridized carbons (Fsp3) is 0.600. The third-order valence-electron chi connectivity index (χ3n) is 3.89. The van der Waals surface area contributed by atoms with Gasteiger partial charge in [0, 0.05) is 6.54 Å². The van der Waals surface area contributed by atoms with Crippen molar-refractivity contribution in [2.45, 2.75) is 45.1 Å². The Kier molecular flexibility index (Phi) is 4.57. The minimum Gasteiger partial charge on any atom is -0.305 e. The van der Waals surface area contributed by atoms with Crippen LogP contribution in [0.4, 0.5) is 0 Å². The molecule has 94 valence electrons. The van der Waals surface area contributed by atoms with Crippen LogP contribution in [0.1, 0.15) is 49.7 Å². The zero-order valence-electron chi connectivity index (χ0n) is 10.9. The lowest BCUT2D eigenvalue weighted by atomic mass is 9.79. The molecule has 0 aromatic heterocycles. The lowest BCUT2D eigenvalue weighted by Gasteiger charge is -2.26. The van der Waals surface area contributed by atoms with Crippen LogP contribution in [0.2, 0.25) is 0 Å². The minimum atomic E-state index is 0.776. The molecule has 0 spiro atoms. The summed E-state index contributed by atoms with van der Waals surface area (Å²) < 4.78 is 0. The predicted octanol–water partition coefficient (Wildman–Crippen LogP) is 3.63. The van der Waals surface area contributed by atoms with Crippen LogP contribution in [0.5, 0.6) is 0 Å². The second kappa shape index (κ2) is 6.18. The summed E-state index contributed by atoms with van der Waals surface area (Å²) in [6, 6.07) is 8.99. The Morgan fingerprint density at radius 2 is 1.76 bits per heavy atom. The van der Waals surface area contributed by atoms with E-state index in [0.29, 0.717) is 0 Å². The van der Waals surface area contributed by atoms with Gasteiger partial charge in [-0.1, -0.05) is 44.0 Å². The van der Waals surface area contributed by atoms with E-state index in [-0.39, 0.29) is 0 Å². The van der Waals surface area contributed by atoms with Crippen LogP contribution >= 0.6 is 0 Å². The first kappa shape index (κ1) is 12.6. The summed E-state index contributed by atoms with van der Waals surface area (Å²) in [5.41, 5.74) is 5.66. The molecule has 1 aromatic rings. The van der Waals surface area contributed by atoms with E-state index in [2.05, 4.69) is 36.7 Å². The summed E-state index contributed by atoms with van der Waals surface area (Å²) >= 11 is 0. The topological polar surface area (TPSA) is 21.3 Å². The largest absolute Gasteiger partial charge is 0.305 e. The van der Waals surface area contributed by atoms with Gasteiger partial charge in [-0.15, -0.1) is 0 Å². The zero-order chi connectivity index (χ0) is 12.1. The van der Waals surface area contributed by atoms with E-state index in [0.717, 1.165) is 18.4 Å². The molecule has 0 heterocycles. The zero-order valence-corrected chi connectivity index (χ0v) is 10.9. The van der Waals surface area contributed by atoms with Crippen molar-refractivity contribution in [3.05, 3.63) is 35.4 Å². The number of hydrogen-bond donors (Lipinski definition) is 1.